The molecule has 0 atom stereocenters. The van der Waals surface area contributed by atoms with Gasteiger partial charge in [0.25, 0.3) is 0 Å². The summed E-state index contributed by atoms with van der Waals surface area (Å²) in [5.41, 5.74) is 3.46. The normalized spacial score (nSPS) is 16.7. The molecule has 0 spiro atoms. The number of benzene rings is 1. The van der Waals surface area contributed by atoms with Gasteiger partial charge in [0.1, 0.15) is 0 Å². The Morgan fingerprint density at radius 1 is 0.828 bits per heavy atom. The zero-order valence-corrected chi connectivity index (χ0v) is 25.9. The van der Waals surface area contributed by atoms with Crippen LogP contribution >= 0.6 is 0 Å². The van der Waals surface area contributed by atoms with Crippen molar-refractivity contribution in [2.24, 2.45) is 10.8 Å². The fraction of sp³-hybridized carbons (Fsp3) is 0.727. The van der Waals surface area contributed by atoms with Crippen molar-refractivity contribution >= 4 is 53.6 Å². The molecule has 1 aromatic carbocycles. The van der Waals surface area contributed by atoms with Crippen molar-refractivity contribution in [3.8, 4) is 0 Å². The summed E-state index contributed by atoms with van der Waals surface area (Å²) in [4.78, 5) is 1.31. The molecule has 3 nitrogen and oxygen atoms in total. The summed E-state index contributed by atoms with van der Waals surface area (Å²) >= 11 is 2.42. The Balaban J connectivity index is 2.72. The number of para-hydroxylation sites is 2. The number of nitrogens with zero attached hydrogens (tertiary/aromatic N) is 3. The van der Waals surface area contributed by atoms with E-state index in [1.54, 1.807) is 0 Å². The number of rotatable bonds is 6. The summed E-state index contributed by atoms with van der Waals surface area (Å²) in [7, 11) is -4.10. The van der Waals surface area contributed by atoms with Gasteiger partial charge in [-0.25, -0.2) is 0 Å². The van der Waals surface area contributed by atoms with E-state index in [2.05, 4.69) is 128 Å². The van der Waals surface area contributed by atoms with Crippen LogP contribution in [0.15, 0.2) is 24.3 Å². The van der Waals surface area contributed by atoms with E-state index in [9.17, 15) is 0 Å². The Bertz CT molecular complexity index is 661. The topological polar surface area (TPSA) is 9.72 Å². The van der Waals surface area contributed by atoms with Gasteiger partial charge in [0, 0.05) is 0 Å². The Morgan fingerprint density at radius 3 is 1.48 bits per heavy atom. The number of hydrogen-bond donors (Lipinski definition) is 0. The first-order valence-corrected chi connectivity index (χ1v) is 20.4. The van der Waals surface area contributed by atoms with Crippen LogP contribution in [0.2, 0.25) is 37.6 Å². The van der Waals surface area contributed by atoms with E-state index in [1.807, 2.05) is 0 Å². The molecule has 1 heterocycles. The number of fused-ring (bicyclic) bond motifs is 1. The summed E-state index contributed by atoms with van der Waals surface area (Å²) in [6.07, 6.45) is 0. The van der Waals surface area contributed by atoms with E-state index in [0.29, 0.717) is 0 Å². The maximum absolute atomic E-state index is 3.14. The van der Waals surface area contributed by atoms with Gasteiger partial charge in [0.05, 0.1) is 0 Å². The molecule has 162 valence electrons. The fourth-order valence-corrected chi connectivity index (χ4v) is 24.1. The second kappa shape index (κ2) is 8.49. The van der Waals surface area contributed by atoms with Gasteiger partial charge in [0.15, 0.2) is 0 Å². The van der Waals surface area contributed by atoms with Crippen molar-refractivity contribution in [3.63, 3.8) is 0 Å². The number of hydrogen-bond acceptors (Lipinski definition) is 3. The van der Waals surface area contributed by atoms with Crippen molar-refractivity contribution < 1.29 is 0 Å². The first-order valence-electron chi connectivity index (χ1n) is 10.9. The summed E-state index contributed by atoms with van der Waals surface area (Å²) < 4.78 is 8.82. The number of anilines is 2. The molecule has 0 saturated carbocycles. The van der Waals surface area contributed by atoms with Crippen LogP contribution in [0.3, 0.4) is 0 Å². The molecule has 0 saturated heterocycles. The molecular formula is C22H43GeN3Si3. The third kappa shape index (κ3) is 6.02. The molecule has 1 aromatic rings. The van der Waals surface area contributed by atoms with Crippen LogP contribution in [0.5, 0.6) is 0 Å². The van der Waals surface area contributed by atoms with Gasteiger partial charge in [-0.15, -0.1) is 0 Å². The molecule has 1 aliphatic heterocycles. The quantitative estimate of drug-likeness (QED) is 0.448. The molecule has 0 amide bonds. The first kappa shape index (κ1) is 25.2. The second-order valence-corrected chi connectivity index (χ2v) is 27.5. The van der Waals surface area contributed by atoms with Crippen LogP contribution in [0.25, 0.3) is 0 Å². The molecule has 1 aliphatic rings. The van der Waals surface area contributed by atoms with E-state index < -0.39 is 25.8 Å². The zero-order valence-electron chi connectivity index (χ0n) is 20.8. The van der Waals surface area contributed by atoms with Crippen LogP contribution in [0, 0.1) is 10.8 Å². The third-order valence-electron chi connectivity index (χ3n) is 5.12. The van der Waals surface area contributed by atoms with E-state index in [1.165, 1.54) is 16.3 Å². The summed E-state index contributed by atoms with van der Waals surface area (Å²) in [6, 6.07) is 9.21. The van der Waals surface area contributed by atoms with Gasteiger partial charge in [-0.2, -0.15) is 0 Å². The average molecular weight is 506 g/mol. The van der Waals surface area contributed by atoms with Crippen LogP contribution < -0.4 is 9.13 Å². The van der Waals surface area contributed by atoms with Crippen LogP contribution in [0.4, 0.5) is 11.4 Å². The Labute approximate surface area is 193 Å². The molecule has 7 heteroatoms. The van der Waals surface area contributed by atoms with Crippen molar-refractivity contribution in [1.82, 2.24) is 3.90 Å². The maximum atomic E-state index is 3.14. The minimum absolute atomic E-state index is 0.268. The van der Waals surface area contributed by atoms with E-state index in [-0.39, 0.29) is 10.8 Å². The predicted molar refractivity (Wildman–Crippen MR) is 139 cm³/mol. The summed E-state index contributed by atoms with van der Waals surface area (Å²) in [6.45, 7) is 29.5. The molecular weight excluding hydrogens is 463 g/mol. The summed E-state index contributed by atoms with van der Waals surface area (Å²) in [5, 5.41) is 0. The molecule has 0 fully saturated rings. The van der Waals surface area contributed by atoms with Crippen molar-refractivity contribution in [1.29, 1.82) is 0 Å². The average Bonchev–Trinajstić information content (AvgIpc) is 2.77. The van der Waals surface area contributed by atoms with Crippen LogP contribution in [-0.2, 0) is 0 Å². The Kier molecular flexibility index (Phi) is 7.38. The van der Waals surface area contributed by atoms with Gasteiger partial charge in [-0.3, -0.25) is 0 Å². The monoisotopic (exact) mass is 507 g/mol. The molecule has 0 bridgehead atoms. The second-order valence-electron chi connectivity index (χ2n) is 12.6. The fourth-order valence-electron chi connectivity index (χ4n) is 4.34. The Hall–Kier alpha value is -0.0265. The van der Waals surface area contributed by atoms with Crippen molar-refractivity contribution in [2.45, 2.75) is 79.2 Å². The SMILES string of the molecule is CC(C)(C)CN1c2ccccc2N(CC(C)(C)C)[Si]1N([Si](C)(C)C)[Si](C)(C)[CH2][Ge]. The Morgan fingerprint density at radius 2 is 1.21 bits per heavy atom. The van der Waals surface area contributed by atoms with Gasteiger partial charge < -0.3 is 0 Å². The van der Waals surface area contributed by atoms with Crippen molar-refractivity contribution in [3.05, 3.63) is 24.3 Å². The van der Waals surface area contributed by atoms with Crippen LogP contribution in [-0.4, -0.2) is 59.3 Å². The van der Waals surface area contributed by atoms with E-state index in [4.69, 9.17) is 0 Å². The van der Waals surface area contributed by atoms with Crippen molar-refractivity contribution in [2.75, 3.05) is 22.2 Å². The van der Waals surface area contributed by atoms with Gasteiger partial charge in [-0.05, 0) is 0 Å². The molecule has 0 aromatic heterocycles. The predicted octanol–water partition coefficient (Wildman–Crippen LogP) is 5.86. The molecule has 0 unspecified atom stereocenters. The van der Waals surface area contributed by atoms with E-state index in [0.717, 1.165) is 13.1 Å². The van der Waals surface area contributed by atoms with E-state index >= 15 is 0 Å². The minimum atomic E-state index is -1.52. The van der Waals surface area contributed by atoms with Gasteiger partial charge in [0.2, 0.25) is 0 Å². The van der Waals surface area contributed by atoms with Crippen LogP contribution in [0.1, 0.15) is 41.5 Å². The zero-order chi connectivity index (χ0) is 22.4. The van der Waals surface area contributed by atoms with Gasteiger partial charge >= 0.3 is 194 Å². The third-order valence-corrected chi connectivity index (χ3v) is 25.0. The molecule has 4 radical (unpaired) electrons. The standard InChI is InChI=1S/C22H43GeN3Si3/c1-21(2,3)16-24-19-14-12-13-15-20(19)25(17-22(4,5)6)27(24)26(28(7,8)9)29(10,11)18-23/h12-15H,16-18H2,1-11H3. The molecule has 2 rings (SSSR count). The molecule has 0 N–H and O–H groups in total. The van der Waals surface area contributed by atoms with Gasteiger partial charge in [-0.1, -0.05) is 0 Å². The molecule has 0 aliphatic carbocycles. The first-order chi connectivity index (χ1) is 13.0. The molecule has 29 heavy (non-hydrogen) atoms. The summed E-state index contributed by atoms with van der Waals surface area (Å²) in [5.74, 6) is 0.